The standard InChI is InChI=1S/CH5N3.3H3O4P/c2-1(3)4;3*1-5(2,3)4/h(H5,2,3,4);3*(H3,1,2,3,4)/p-9. The normalized spacial score (nSPS) is 10.6. The van der Waals surface area contributed by atoms with Crippen molar-refractivity contribution >= 4 is 29.4 Å². The molecule has 0 aliphatic carbocycles. The van der Waals surface area contributed by atoms with Gasteiger partial charge in [-0.1, -0.05) is 0 Å². The molecule has 0 amide bonds. The van der Waals surface area contributed by atoms with Gasteiger partial charge in [-0.15, -0.1) is 0 Å². The first kappa shape index (κ1) is 27.0. The van der Waals surface area contributed by atoms with Crippen molar-refractivity contribution in [3.05, 3.63) is 0 Å². The van der Waals surface area contributed by atoms with Gasteiger partial charge in [0.05, 0.1) is 0 Å². The lowest BCUT2D eigenvalue weighted by Gasteiger charge is -2.36. The summed E-state index contributed by atoms with van der Waals surface area (Å²) >= 11 is 0. The summed E-state index contributed by atoms with van der Waals surface area (Å²) in [5.41, 5.74) is 8.94. The summed E-state index contributed by atoms with van der Waals surface area (Å²) < 4.78 is 25.6. The van der Waals surface area contributed by atoms with Crippen LogP contribution in [0.4, 0.5) is 0 Å². The average Bonchev–Trinajstić information content (AvgIpc) is 1.66. The van der Waals surface area contributed by atoms with Crippen molar-refractivity contribution in [3.8, 4) is 0 Å². The smallest absolute Gasteiger partial charge is 0.183 e. The number of nitrogens with one attached hydrogen (secondary N) is 1. The monoisotopic (exact) mass is 344 g/mol. The fourth-order valence-electron chi connectivity index (χ4n) is 0. The predicted molar refractivity (Wildman–Crippen MR) is 38.9 cm³/mol. The van der Waals surface area contributed by atoms with Gasteiger partial charge in [0.2, 0.25) is 0 Å². The molecule has 5 N–H and O–H groups in total. The first-order valence-electron chi connectivity index (χ1n) is 3.02. The molecule has 0 bridgehead atoms. The zero-order valence-corrected chi connectivity index (χ0v) is 11.1. The molecule has 15 nitrogen and oxygen atoms in total. The molecule has 0 saturated carbocycles. The van der Waals surface area contributed by atoms with Crippen LogP contribution in [0.15, 0.2) is 0 Å². The van der Waals surface area contributed by atoms with E-state index in [9.17, 15) is 0 Å². The summed E-state index contributed by atoms with van der Waals surface area (Å²) in [6.07, 6.45) is 0. The van der Waals surface area contributed by atoms with Crippen LogP contribution in [-0.2, 0) is 13.7 Å². The maximum absolute atomic E-state index is 8.55. The summed E-state index contributed by atoms with van der Waals surface area (Å²) in [6, 6.07) is 0. The highest BCUT2D eigenvalue weighted by Crippen LogP contribution is 2.04. The second-order valence-electron chi connectivity index (χ2n) is 1.80. The lowest BCUT2D eigenvalue weighted by Crippen LogP contribution is -2.24. The van der Waals surface area contributed by atoms with E-state index >= 15 is 0 Å². The van der Waals surface area contributed by atoms with E-state index < -0.39 is 23.5 Å². The molecular weight excluding hydrogens is 339 g/mol. The van der Waals surface area contributed by atoms with Gasteiger partial charge in [0.1, 0.15) is 0 Å². The van der Waals surface area contributed by atoms with Crippen molar-refractivity contribution in [2.75, 3.05) is 0 Å². The molecular formula is CH5N3O12P3-9. The summed E-state index contributed by atoms with van der Waals surface area (Å²) in [5.74, 6) is -0.333. The Hall–Kier alpha value is -0.400. The van der Waals surface area contributed by atoms with Crippen LogP contribution in [0.1, 0.15) is 0 Å². The Morgan fingerprint density at radius 2 is 0.632 bits per heavy atom. The van der Waals surface area contributed by atoms with Gasteiger partial charge < -0.3 is 69.2 Å². The van der Waals surface area contributed by atoms with E-state index in [0.717, 1.165) is 0 Å². The van der Waals surface area contributed by atoms with Gasteiger partial charge in [-0.3, -0.25) is 5.41 Å². The van der Waals surface area contributed by atoms with E-state index in [1.54, 1.807) is 0 Å². The lowest BCUT2D eigenvalue weighted by atomic mass is 11.1. The van der Waals surface area contributed by atoms with E-state index in [2.05, 4.69) is 11.5 Å². The van der Waals surface area contributed by atoms with Gasteiger partial charge in [0, 0.05) is 0 Å². The van der Waals surface area contributed by atoms with Gasteiger partial charge in [0.15, 0.2) is 5.96 Å². The van der Waals surface area contributed by atoms with Gasteiger partial charge >= 0.3 is 0 Å². The number of nitrogens with two attached hydrogens (primary N) is 2. The highest BCUT2D eigenvalue weighted by atomic mass is 31.2. The molecule has 0 fully saturated rings. The molecule has 0 aliphatic heterocycles. The van der Waals surface area contributed by atoms with Crippen LogP contribution in [0.25, 0.3) is 0 Å². The second kappa shape index (κ2) is 11.4. The van der Waals surface area contributed by atoms with Crippen LogP contribution >= 0.6 is 23.5 Å². The number of phosphoric acid groups is 3. The van der Waals surface area contributed by atoms with E-state index in [4.69, 9.17) is 63.1 Å². The zero-order chi connectivity index (χ0) is 17.1. The fourth-order valence-corrected chi connectivity index (χ4v) is 0. The molecule has 0 radical (unpaired) electrons. The molecule has 0 atom stereocenters. The van der Waals surface area contributed by atoms with E-state index in [-0.39, 0.29) is 5.96 Å². The van der Waals surface area contributed by atoms with E-state index in [1.807, 2.05) is 0 Å². The van der Waals surface area contributed by atoms with Crippen molar-refractivity contribution in [1.29, 1.82) is 5.41 Å². The molecule has 0 aromatic rings. The van der Waals surface area contributed by atoms with Crippen LogP contribution in [0.5, 0.6) is 0 Å². The van der Waals surface area contributed by atoms with E-state index in [1.165, 1.54) is 0 Å². The maximum atomic E-state index is 8.55. The molecule has 0 unspecified atom stereocenters. The molecule has 19 heavy (non-hydrogen) atoms. The van der Waals surface area contributed by atoms with Gasteiger partial charge in [0.25, 0.3) is 0 Å². The van der Waals surface area contributed by atoms with Crippen molar-refractivity contribution in [3.63, 3.8) is 0 Å². The summed E-state index contributed by atoms with van der Waals surface area (Å²) in [4.78, 5) is 76.9. The van der Waals surface area contributed by atoms with Gasteiger partial charge in [-0.25, -0.2) is 0 Å². The highest BCUT2D eigenvalue weighted by molar-refractivity contribution is 7.40. The molecule has 0 spiro atoms. The van der Waals surface area contributed by atoms with Crippen LogP contribution in [-0.4, -0.2) is 5.96 Å². The van der Waals surface area contributed by atoms with Crippen molar-refractivity contribution in [2.45, 2.75) is 0 Å². The minimum Gasteiger partial charge on any atom is -0.822 e. The molecule has 0 saturated heterocycles. The van der Waals surface area contributed by atoms with Crippen LogP contribution in [0.2, 0.25) is 0 Å². The van der Waals surface area contributed by atoms with Crippen LogP contribution in [0.3, 0.4) is 0 Å². The zero-order valence-electron chi connectivity index (χ0n) is 8.40. The molecule has 0 rings (SSSR count). The van der Waals surface area contributed by atoms with Crippen molar-refractivity contribution in [1.82, 2.24) is 0 Å². The highest BCUT2D eigenvalue weighted by Gasteiger charge is 1.52. The Morgan fingerprint density at radius 3 is 0.632 bits per heavy atom. The minimum atomic E-state index is -5.39. The van der Waals surface area contributed by atoms with Gasteiger partial charge in [-0.05, 0) is 0 Å². The van der Waals surface area contributed by atoms with E-state index in [0.29, 0.717) is 0 Å². The van der Waals surface area contributed by atoms with Crippen LogP contribution < -0.4 is 55.5 Å². The Labute approximate surface area is 105 Å². The topological polar surface area (TPSA) is 335 Å². The third kappa shape index (κ3) is 26800. The number of hydrogen-bond acceptors (Lipinski definition) is 13. The van der Waals surface area contributed by atoms with Gasteiger partial charge in [-0.2, -0.15) is 23.5 Å². The maximum Gasteiger partial charge on any atom is 0.183 e. The van der Waals surface area contributed by atoms with Crippen molar-refractivity contribution in [2.24, 2.45) is 11.5 Å². The molecule has 18 heteroatoms. The third-order valence-corrected chi connectivity index (χ3v) is 0. The minimum absolute atomic E-state index is 0.333. The number of guanidine groups is 1. The molecule has 0 aromatic heterocycles. The lowest BCUT2D eigenvalue weighted by molar-refractivity contribution is -0.434. The summed E-state index contributed by atoms with van der Waals surface area (Å²) in [7, 11) is -16.2. The van der Waals surface area contributed by atoms with Crippen LogP contribution in [0, 0.1) is 5.41 Å². The molecule has 0 aromatic carbocycles. The SMILES string of the molecule is N=C(N)N.O=P([O-])([O-])[O-].O=P([O-])([O-])[O-].O=P([O-])([O-])[O-]. The van der Waals surface area contributed by atoms with Crippen molar-refractivity contribution < 1.29 is 57.7 Å². The number of rotatable bonds is 0. The fraction of sp³-hybridized carbons (Fsp3) is 0. The Kier molecular flexibility index (Phi) is 16.3. The average molecular weight is 344 g/mol. The Morgan fingerprint density at radius 1 is 0.632 bits per heavy atom. The quantitative estimate of drug-likeness (QED) is 0.208. The molecule has 0 heterocycles. The number of hydrogen-bond donors (Lipinski definition) is 3. The largest absolute Gasteiger partial charge is 0.822 e. The predicted octanol–water partition coefficient (Wildman–Crippen LogP) is -9.64. The Balaban J connectivity index is -0.0000000793. The third-order valence-electron chi connectivity index (χ3n) is 0. The summed E-state index contributed by atoms with van der Waals surface area (Å²) in [6.45, 7) is 0. The first-order chi connectivity index (χ1) is 7.73. The summed E-state index contributed by atoms with van der Waals surface area (Å²) in [5, 5.41) is 6.06. The molecule has 120 valence electrons. The second-order valence-corrected chi connectivity index (χ2v) is 4.48. The first-order valence-corrected chi connectivity index (χ1v) is 7.40. The Bertz CT molecular complexity index is 284. The molecule has 0 aliphatic rings.